The molecule has 3 aromatic rings. The average Bonchev–Trinajstić information content (AvgIpc) is 3.38. The lowest BCUT2D eigenvalue weighted by Crippen LogP contribution is -2.64. The number of nitrogens with one attached hydrogen (secondary N) is 2. The number of hydrogen-bond acceptors (Lipinski definition) is 7. The largest absolute Gasteiger partial charge is 0.486 e. The Bertz CT molecular complexity index is 1360. The van der Waals surface area contributed by atoms with Gasteiger partial charge in [0.15, 0.2) is 18.3 Å². The third-order valence-corrected chi connectivity index (χ3v) is 7.83. The molecule has 0 radical (unpaired) electrons. The van der Waals surface area contributed by atoms with Gasteiger partial charge in [-0.2, -0.15) is 13.9 Å². The maximum Gasteiger partial charge on any atom is 0.287 e. The Balaban J connectivity index is 1.18. The molecule has 39 heavy (non-hydrogen) atoms. The standard InChI is InChI=1S/C26H27ClF3N5O4/c1-24(29,30)19-11-16(4-9-31-19)38-13-21-32-23(35-34-21)26-7-5-25(6-8-26,12-20(26)36)33-22(37)14-39-15-2-3-17(27)18(28)10-15/h2-4,9-11,20,36H,5-8,12-14H2,1H3,(H,33,37)(H,32,34,35). The number of aliphatic hydroxyl groups excluding tert-OH is 1. The maximum atomic E-state index is 13.6. The normalized spacial score (nSPS) is 24.4. The number of aromatic nitrogens is 4. The zero-order chi connectivity index (χ0) is 27.8. The van der Waals surface area contributed by atoms with Crippen LogP contribution in [0.5, 0.6) is 11.5 Å². The number of amides is 1. The first-order valence-corrected chi connectivity index (χ1v) is 12.8. The fourth-order valence-corrected chi connectivity index (χ4v) is 5.47. The van der Waals surface area contributed by atoms with Crippen LogP contribution in [0.15, 0.2) is 36.5 Å². The second-order valence-corrected chi connectivity index (χ2v) is 10.6. The Morgan fingerprint density at radius 3 is 2.64 bits per heavy atom. The lowest BCUT2D eigenvalue weighted by atomic mass is 9.55. The van der Waals surface area contributed by atoms with Crippen molar-refractivity contribution >= 4 is 17.5 Å². The zero-order valence-corrected chi connectivity index (χ0v) is 21.8. The molecule has 2 aromatic heterocycles. The molecule has 2 heterocycles. The van der Waals surface area contributed by atoms with Gasteiger partial charge in [-0.05, 0) is 50.3 Å². The minimum absolute atomic E-state index is 0.0323. The van der Waals surface area contributed by atoms with Crippen molar-refractivity contribution in [1.82, 2.24) is 25.5 Å². The molecule has 3 fully saturated rings. The summed E-state index contributed by atoms with van der Waals surface area (Å²) in [6, 6.07) is 6.59. The molecule has 0 aliphatic heterocycles. The van der Waals surface area contributed by atoms with Gasteiger partial charge in [0.05, 0.1) is 16.5 Å². The Labute approximate surface area is 227 Å². The number of carbonyl (C=O) groups is 1. The van der Waals surface area contributed by atoms with E-state index in [1.807, 2.05) is 0 Å². The van der Waals surface area contributed by atoms with Gasteiger partial charge in [-0.15, -0.1) is 0 Å². The highest BCUT2D eigenvalue weighted by atomic mass is 35.5. The van der Waals surface area contributed by atoms with Crippen molar-refractivity contribution in [3.8, 4) is 11.5 Å². The number of hydrogen-bond donors (Lipinski definition) is 3. The number of benzene rings is 1. The molecule has 0 saturated heterocycles. The second-order valence-electron chi connectivity index (χ2n) is 10.2. The third-order valence-electron chi connectivity index (χ3n) is 7.52. The summed E-state index contributed by atoms with van der Waals surface area (Å²) in [6.07, 6.45) is 3.09. The summed E-state index contributed by atoms with van der Waals surface area (Å²) in [7, 11) is 0. The molecule has 3 aliphatic rings. The van der Waals surface area contributed by atoms with E-state index in [0.717, 1.165) is 13.0 Å². The Kier molecular flexibility index (Phi) is 7.19. The number of halogens is 4. The maximum absolute atomic E-state index is 13.6. The first-order chi connectivity index (χ1) is 18.5. The monoisotopic (exact) mass is 565 g/mol. The lowest BCUT2D eigenvalue weighted by molar-refractivity contribution is -0.129. The number of H-pyrrole nitrogens is 1. The van der Waals surface area contributed by atoms with Gasteiger partial charge in [0.1, 0.15) is 29.6 Å². The van der Waals surface area contributed by atoms with Gasteiger partial charge in [0.2, 0.25) is 0 Å². The highest BCUT2D eigenvalue weighted by Gasteiger charge is 2.57. The van der Waals surface area contributed by atoms with Crippen LogP contribution in [-0.2, 0) is 22.7 Å². The molecule has 0 spiro atoms. The number of carbonyl (C=O) groups excluding carboxylic acids is 1. The number of aliphatic hydroxyl groups is 1. The number of ether oxygens (including phenoxy) is 2. The molecule has 1 atom stereocenters. The summed E-state index contributed by atoms with van der Waals surface area (Å²) in [5.74, 6) is -2.84. The quantitative estimate of drug-likeness (QED) is 0.355. The number of pyridine rings is 1. The van der Waals surface area contributed by atoms with E-state index < -0.39 is 34.5 Å². The number of alkyl halides is 2. The van der Waals surface area contributed by atoms with Gasteiger partial charge in [0.25, 0.3) is 11.8 Å². The van der Waals surface area contributed by atoms with Crippen LogP contribution >= 0.6 is 11.6 Å². The molecule has 6 rings (SSSR count). The average molecular weight is 566 g/mol. The predicted molar refractivity (Wildman–Crippen MR) is 133 cm³/mol. The molecule has 3 aliphatic carbocycles. The zero-order valence-electron chi connectivity index (χ0n) is 21.0. The van der Waals surface area contributed by atoms with Gasteiger partial charge in [-0.25, -0.2) is 9.37 Å². The number of fused-ring (bicyclic) bond motifs is 3. The second kappa shape index (κ2) is 10.3. The predicted octanol–water partition coefficient (Wildman–Crippen LogP) is 4.19. The molecular formula is C26H27ClF3N5O4. The minimum Gasteiger partial charge on any atom is -0.486 e. The van der Waals surface area contributed by atoms with Crippen LogP contribution in [0.2, 0.25) is 5.02 Å². The molecule has 3 saturated carbocycles. The number of aromatic amines is 1. The molecule has 3 N–H and O–H groups in total. The van der Waals surface area contributed by atoms with Gasteiger partial charge >= 0.3 is 0 Å². The highest BCUT2D eigenvalue weighted by Crippen LogP contribution is 2.52. The van der Waals surface area contributed by atoms with Crippen LogP contribution in [0.4, 0.5) is 13.2 Å². The molecule has 208 valence electrons. The van der Waals surface area contributed by atoms with Crippen LogP contribution in [0.3, 0.4) is 0 Å². The summed E-state index contributed by atoms with van der Waals surface area (Å²) >= 11 is 5.67. The van der Waals surface area contributed by atoms with Crippen molar-refractivity contribution in [1.29, 1.82) is 0 Å². The molecule has 1 amide bonds. The van der Waals surface area contributed by atoms with Gasteiger partial charge in [-0.3, -0.25) is 14.9 Å². The molecule has 13 heteroatoms. The van der Waals surface area contributed by atoms with Crippen LogP contribution in [0.25, 0.3) is 0 Å². The fraction of sp³-hybridized carbons (Fsp3) is 0.462. The molecule has 1 unspecified atom stereocenters. The van der Waals surface area contributed by atoms with Crippen molar-refractivity contribution in [2.24, 2.45) is 0 Å². The van der Waals surface area contributed by atoms with Crippen molar-refractivity contribution in [2.75, 3.05) is 6.61 Å². The van der Waals surface area contributed by atoms with E-state index in [4.69, 9.17) is 21.1 Å². The minimum atomic E-state index is -3.09. The first kappa shape index (κ1) is 27.2. The van der Waals surface area contributed by atoms with E-state index in [-0.39, 0.29) is 35.6 Å². The van der Waals surface area contributed by atoms with Crippen molar-refractivity contribution < 1.29 is 32.5 Å². The van der Waals surface area contributed by atoms with Gasteiger partial charge < -0.3 is 19.9 Å². The van der Waals surface area contributed by atoms with E-state index in [9.17, 15) is 23.1 Å². The summed E-state index contributed by atoms with van der Waals surface area (Å²) < 4.78 is 51.7. The summed E-state index contributed by atoms with van der Waals surface area (Å²) in [4.78, 5) is 20.8. The van der Waals surface area contributed by atoms with E-state index in [2.05, 4.69) is 25.5 Å². The van der Waals surface area contributed by atoms with Crippen LogP contribution < -0.4 is 14.8 Å². The highest BCUT2D eigenvalue weighted by molar-refractivity contribution is 6.30. The van der Waals surface area contributed by atoms with Crippen LogP contribution in [-0.4, -0.2) is 49.4 Å². The molecule has 2 bridgehead atoms. The Morgan fingerprint density at radius 2 is 1.95 bits per heavy atom. The van der Waals surface area contributed by atoms with Crippen LogP contribution in [0.1, 0.15) is 56.4 Å². The summed E-state index contributed by atoms with van der Waals surface area (Å²) in [6.45, 7) is 0.428. The Morgan fingerprint density at radius 1 is 1.21 bits per heavy atom. The summed E-state index contributed by atoms with van der Waals surface area (Å²) in [5.41, 5.74) is -1.66. The fourth-order valence-electron chi connectivity index (χ4n) is 5.35. The number of nitrogens with zero attached hydrogens (tertiary/aromatic N) is 3. The molecular weight excluding hydrogens is 539 g/mol. The third kappa shape index (κ3) is 5.67. The van der Waals surface area contributed by atoms with Crippen molar-refractivity contribution in [3.63, 3.8) is 0 Å². The van der Waals surface area contributed by atoms with E-state index in [1.54, 1.807) is 0 Å². The summed E-state index contributed by atoms with van der Waals surface area (Å²) in [5, 5.41) is 21.2. The van der Waals surface area contributed by atoms with E-state index in [0.29, 0.717) is 43.8 Å². The van der Waals surface area contributed by atoms with Gasteiger partial charge in [-0.1, -0.05) is 11.6 Å². The van der Waals surface area contributed by atoms with Crippen molar-refractivity contribution in [2.45, 2.75) is 68.6 Å². The number of rotatable bonds is 9. The SMILES string of the molecule is CC(F)(F)c1cc(OCc2nc(C34CCC(NC(=O)COc5ccc(Cl)c(F)c5)(CC3)CC4O)n[nH]2)ccn1. The van der Waals surface area contributed by atoms with E-state index in [1.165, 1.54) is 30.5 Å². The Hall–Kier alpha value is -3.38. The first-order valence-electron chi connectivity index (χ1n) is 12.4. The molecule has 9 nitrogen and oxygen atoms in total. The smallest absolute Gasteiger partial charge is 0.287 e. The van der Waals surface area contributed by atoms with Crippen molar-refractivity contribution in [3.05, 3.63) is 64.7 Å². The molecule has 1 aromatic carbocycles. The van der Waals surface area contributed by atoms with E-state index >= 15 is 0 Å². The van der Waals surface area contributed by atoms with Gasteiger partial charge in [0, 0.05) is 30.8 Å². The lowest BCUT2D eigenvalue weighted by Gasteiger charge is -2.55. The topological polar surface area (TPSA) is 122 Å². The van der Waals surface area contributed by atoms with Crippen LogP contribution in [0, 0.1) is 5.82 Å².